The van der Waals surface area contributed by atoms with Gasteiger partial charge in [-0.2, -0.15) is 0 Å². The number of ether oxygens (including phenoxy) is 1. The van der Waals surface area contributed by atoms with E-state index in [1.165, 1.54) is 19.3 Å². The van der Waals surface area contributed by atoms with E-state index >= 15 is 0 Å². The van der Waals surface area contributed by atoms with Gasteiger partial charge in [0.15, 0.2) is 0 Å². The van der Waals surface area contributed by atoms with Crippen LogP contribution in [0.4, 0.5) is 5.69 Å². The minimum absolute atomic E-state index is 0.111. The lowest BCUT2D eigenvalue weighted by Gasteiger charge is -2.27. The number of nitrogens with two attached hydrogens (primary N) is 1. The summed E-state index contributed by atoms with van der Waals surface area (Å²) in [6, 6.07) is 7.46. The van der Waals surface area contributed by atoms with Crippen LogP contribution in [0.25, 0.3) is 0 Å². The third-order valence-corrected chi connectivity index (χ3v) is 4.06. The van der Waals surface area contributed by atoms with E-state index < -0.39 is 0 Å². The number of anilines is 1. The van der Waals surface area contributed by atoms with Crippen molar-refractivity contribution in [3.05, 3.63) is 29.8 Å². The maximum absolute atomic E-state index is 11.9. The highest BCUT2D eigenvalue weighted by Crippen LogP contribution is 2.28. The normalized spacial score (nSPS) is 23.0. The average Bonchev–Trinajstić information content (AvgIpc) is 2.42. The molecule has 2 rings (SSSR count). The summed E-state index contributed by atoms with van der Waals surface area (Å²) < 4.78 is 5.55. The predicted molar refractivity (Wildman–Crippen MR) is 76.7 cm³/mol. The molecular weight excluding hydrogens is 238 g/mol. The molecule has 0 aromatic heterocycles. The molecular formula is C16H23NO2. The predicted octanol–water partition coefficient (Wildman–Crippen LogP) is 3.32. The third-order valence-electron chi connectivity index (χ3n) is 4.06. The molecule has 19 heavy (non-hydrogen) atoms. The fraction of sp³-hybridized carbons (Fsp3) is 0.562. The third kappa shape index (κ3) is 3.98. The molecule has 3 heteroatoms. The monoisotopic (exact) mass is 261 g/mol. The van der Waals surface area contributed by atoms with Gasteiger partial charge in [-0.15, -0.1) is 0 Å². The number of benzene rings is 1. The van der Waals surface area contributed by atoms with Crippen molar-refractivity contribution in [1.82, 2.24) is 0 Å². The van der Waals surface area contributed by atoms with Gasteiger partial charge in [0.1, 0.15) is 6.10 Å². The van der Waals surface area contributed by atoms with E-state index in [1.807, 2.05) is 24.3 Å². The zero-order chi connectivity index (χ0) is 13.7. The summed E-state index contributed by atoms with van der Waals surface area (Å²) in [7, 11) is 0. The Morgan fingerprint density at radius 1 is 1.26 bits per heavy atom. The van der Waals surface area contributed by atoms with E-state index in [0.29, 0.717) is 5.69 Å². The van der Waals surface area contributed by atoms with E-state index in [1.54, 1.807) is 0 Å². The molecule has 0 unspecified atom stereocenters. The van der Waals surface area contributed by atoms with Crippen LogP contribution in [0, 0.1) is 5.92 Å². The Balaban J connectivity index is 1.81. The summed E-state index contributed by atoms with van der Waals surface area (Å²) in [4.78, 5) is 11.9. The SMILES string of the molecule is CCC1CCC(OC(=O)Cc2ccccc2N)CC1. The highest BCUT2D eigenvalue weighted by Gasteiger charge is 2.23. The molecule has 2 N–H and O–H groups in total. The van der Waals surface area contributed by atoms with E-state index in [4.69, 9.17) is 10.5 Å². The van der Waals surface area contributed by atoms with Crippen LogP contribution in [0.3, 0.4) is 0 Å². The van der Waals surface area contributed by atoms with Crippen molar-refractivity contribution in [3.8, 4) is 0 Å². The number of rotatable bonds is 4. The zero-order valence-corrected chi connectivity index (χ0v) is 11.6. The molecule has 1 aromatic carbocycles. The Labute approximate surface area is 115 Å². The molecule has 1 saturated carbocycles. The van der Waals surface area contributed by atoms with Gasteiger partial charge in [0.25, 0.3) is 0 Å². The zero-order valence-electron chi connectivity index (χ0n) is 11.6. The molecule has 0 spiro atoms. The number of hydrogen-bond donors (Lipinski definition) is 1. The highest BCUT2D eigenvalue weighted by atomic mass is 16.5. The number of para-hydroxylation sites is 1. The second-order valence-corrected chi connectivity index (χ2v) is 5.42. The largest absolute Gasteiger partial charge is 0.462 e. The standard InChI is InChI=1S/C16H23NO2/c1-2-12-7-9-14(10-8-12)19-16(18)11-13-5-3-4-6-15(13)17/h3-6,12,14H,2,7-11,17H2,1H3. The summed E-state index contributed by atoms with van der Waals surface area (Å²) >= 11 is 0. The van der Waals surface area contributed by atoms with Gasteiger partial charge in [-0.3, -0.25) is 4.79 Å². The van der Waals surface area contributed by atoms with Gasteiger partial charge in [0.05, 0.1) is 6.42 Å². The van der Waals surface area contributed by atoms with E-state index in [9.17, 15) is 4.79 Å². The Hall–Kier alpha value is -1.51. The van der Waals surface area contributed by atoms with Crippen molar-refractivity contribution >= 4 is 11.7 Å². The van der Waals surface area contributed by atoms with Crippen molar-refractivity contribution in [3.63, 3.8) is 0 Å². The summed E-state index contributed by atoms with van der Waals surface area (Å²) in [5.74, 6) is 0.664. The number of esters is 1. The van der Waals surface area contributed by atoms with Crippen molar-refractivity contribution in [2.75, 3.05) is 5.73 Å². The Kier molecular flexibility index (Phi) is 4.83. The van der Waals surface area contributed by atoms with Crippen LogP contribution < -0.4 is 5.73 Å². The Bertz CT molecular complexity index is 423. The van der Waals surface area contributed by atoms with Crippen molar-refractivity contribution < 1.29 is 9.53 Å². The van der Waals surface area contributed by atoms with Crippen LogP contribution >= 0.6 is 0 Å². The molecule has 1 aromatic rings. The van der Waals surface area contributed by atoms with Gasteiger partial charge in [0, 0.05) is 5.69 Å². The van der Waals surface area contributed by atoms with Gasteiger partial charge < -0.3 is 10.5 Å². The van der Waals surface area contributed by atoms with Crippen LogP contribution in [-0.2, 0) is 16.0 Å². The Morgan fingerprint density at radius 3 is 2.58 bits per heavy atom. The number of carbonyl (C=O) groups is 1. The lowest BCUT2D eigenvalue weighted by molar-refractivity contribution is -0.150. The van der Waals surface area contributed by atoms with E-state index in [0.717, 1.165) is 24.3 Å². The first-order chi connectivity index (χ1) is 9.19. The first kappa shape index (κ1) is 13.9. The summed E-state index contributed by atoms with van der Waals surface area (Å²) in [5, 5.41) is 0. The Morgan fingerprint density at radius 2 is 1.95 bits per heavy atom. The maximum Gasteiger partial charge on any atom is 0.310 e. The lowest BCUT2D eigenvalue weighted by atomic mass is 9.86. The van der Waals surface area contributed by atoms with Crippen LogP contribution in [0.1, 0.15) is 44.6 Å². The first-order valence-corrected chi connectivity index (χ1v) is 7.22. The van der Waals surface area contributed by atoms with Gasteiger partial charge in [0.2, 0.25) is 0 Å². The number of hydrogen-bond acceptors (Lipinski definition) is 3. The van der Waals surface area contributed by atoms with Crippen LogP contribution in [0.2, 0.25) is 0 Å². The van der Waals surface area contributed by atoms with Crippen LogP contribution in [-0.4, -0.2) is 12.1 Å². The summed E-state index contributed by atoms with van der Waals surface area (Å²) in [6.07, 6.45) is 6.01. The minimum atomic E-state index is -0.155. The van der Waals surface area contributed by atoms with Crippen molar-refractivity contribution in [2.45, 2.75) is 51.6 Å². The summed E-state index contributed by atoms with van der Waals surface area (Å²) in [6.45, 7) is 2.23. The second-order valence-electron chi connectivity index (χ2n) is 5.42. The molecule has 0 atom stereocenters. The molecule has 104 valence electrons. The van der Waals surface area contributed by atoms with Crippen LogP contribution in [0.5, 0.6) is 0 Å². The van der Waals surface area contributed by atoms with Gasteiger partial charge in [-0.25, -0.2) is 0 Å². The second kappa shape index (κ2) is 6.60. The van der Waals surface area contributed by atoms with Crippen molar-refractivity contribution in [1.29, 1.82) is 0 Å². The van der Waals surface area contributed by atoms with Gasteiger partial charge in [-0.1, -0.05) is 31.5 Å². The van der Waals surface area contributed by atoms with E-state index in [2.05, 4.69) is 6.92 Å². The topological polar surface area (TPSA) is 52.3 Å². The number of nitrogen functional groups attached to an aromatic ring is 1. The summed E-state index contributed by atoms with van der Waals surface area (Å²) in [5.41, 5.74) is 7.35. The highest BCUT2D eigenvalue weighted by molar-refractivity contribution is 5.75. The molecule has 0 aliphatic heterocycles. The maximum atomic E-state index is 11.9. The van der Waals surface area contributed by atoms with Crippen molar-refractivity contribution in [2.24, 2.45) is 5.92 Å². The average molecular weight is 261 g/mol. The molecule has 0 saturated heterocycles. The van der Waals surface area contributed by atoms with Gasteiger partial charge in [-0.05, 0) is 43.2 Å². The molecule has 0 amide bonds. The fourth-order valence-electron chi connectivity index (χ4n) is 2.74. The van der Waals surface area contributed by atoms with E-state index in [-0.39, 0.29) is 18.5 Å². The number of carbonyl (C=O) groups excluding carboxylic acids is 1. The molecule has 1 aliphatic carbocycles. The quantitative estimate of drug-likeness (QED) is 0.668. The molecule has 0 bridgehead atoms. The molecule has 0 radical (unpaired) electrons. The van der Waals surface area contributed by atoms with Crippen LogP contribution in [0.15, 0.2) is 24.3 Å². The molecule has 1 fully saturated rings. The smallest absolute Gasteiger partial charge is 0.310 e. The molecule has 3 nitrogen and oxygen atoms in total. The molecule has 0 heterocycles. The first-order valence-electron chi connectivity index (χ1n) is 7.22. The minimum Gasteiger partial charge on any atom is -0.462 e. The lowest BCUT2D eigenvalue weighted by Crippen LogP contribution is -2.25. The fourth-order valence-corrected chi connectivity index (χ4v) is 2.74. The van der Waals surface area contributed by atoms with Gasteiger partial charge >= 0.3 is 5.97 Å². The molecule has 1 aliphatic rings.